The molecular formula is C28H26O8. The quantitative estimate of drug-likeness (QED) is 0.396. The van der Waals surface area contributed by atoms with E-state index in [0.29, 0.717) is 60.2 Å². The first-order valence-corrected chi connectivity index (χ1v) is 11.7. The molecule has 2 saturated heterocycles. The summed E-state index contributed by atoms with van der Waals surface area (Å²) in [6, 6.07) is 14.0. The van der Waals surface area contributed by atoms with Gasteiger partial charge in [-0.1, -0.05) is 24.3 Å². The van der Waals surface area contributed by atoms with Crippen LogP contribution in [0, 0.1) is 13.8 Å². The SMILES string of the molecule is Cc1c(C(=O)O)ccc(OCC2CO2)c1-c1ccc(-c2c(OCC3CO3)ccc(C(=O)O)c2C)cc1. The Morgan fingerprint density at radius 3 is 1.39 bits per heavy atom. The van der Waals surface area contributed by atoms with Gasteiger partial charge in [-0.05, 0) is 60.4 Å². The van der Waals surface area contributed by atoms with E-state index in [1.165, 1.54) is 0 Å². The summed E-state index contributed by atoms with van der Waals surface area (Å²) in [6.07, 6.45) is 0.118. The molecule has 0 amide bonds. The van der Waals surface area contributed by atoms with E-state index in [0.717, 1.165) is 11.1 Å². The average molecular weight is 491 g/mol. The lowest BCUT2D eigenvalue weighted by atomic mass is 9.91. The zero-order valence-electron chi connectivity index (χ0n) is 19.9. The van der Waals surface area contributed by atoms with Crippen LogP contribution in [0.2, 0.25) is 0 Å². The molecule has 2 atom stereocenters. The standard InChI is InChI=1S/C28H26O8/c1-15-21(27(29)30)7-9-23(35-13-19-11-33-19)25(15)17-3-5-18(6-4-17)26-16(2)22(28(31)32)8-10-24(26)36-14-20-12-34-20/h3-10,19-20H,11-14H2,1-2H3,(H,29,30)(H,31,32). The van der Waals surface area contributed by atoms with E-state index < -0.39 is 11.9 Å². The van der Waals surface area contributed by atoms with Crippen LogP contribution in [0.3, 0.4) is 0 Å². The second kappa shape index (κ2) is 9.64. The van der Waals surface area contributed by atoms with Gasteiger partial charge in [0.1, 0.15) is 36.9 Å². The number of epoxide rings is 2. The van der Waals surface area contributed by atoms with E-state index in [9.17, 15) is 19.8 Å². The van der Waals surface area contributed by atoms with E-state index in [-0.39, 0.29) is 23.3 Å². The topological polar surface area (TPSA) is 118 Å². The molecule has 2 heterocycles. The molecule has 36 heavy (non-hydrogen) atoms. The summed E-state index contributed by atoms with van der Waals surface area (Å²) in [5, 5.41) is 19.3. The van der Waals surface area contributed by atoms with Gasteiger partial charge in [0.25, 0.3) is 0 Å². The predicted octanol–water partition coefficient (Wildman–Crippen LogP) is 4.59. The maximum Gasteiger partial charge on any atom is 0.335 e. The van der Waals surface area contributed by atoms with Crippen molar-refractivity contribution in [1.82, 2.24) is 0 Å². The van der Waals surface area contributed by atoms with E-state index >= 15 is 0 Å². The summed E-state index contributed by atoms with van der Waals surface area (Å²) >= 11 is 0. The third-order valence-electron chi connectivity index (χ3n) is 6.43. The van der Waals surface area contributed by atoms with Crippen LogP contribution in [0.5, 0.6) is 11.5 Å². The first-order chi connectivity index (χ1) is 17.3. The molecule has 8 heteroatoms. The van der Waals surface area contributed by atoms with Crippen molar-refractivity contribution >= 4 is 11.9 Å². The highest BCUT2D eigenvalue weighted by atomic mass is 16.6. The van der Waals surface area contributed by atoms with E-state index in [1.54, 1.807) is 38.1 Å². The van der Waals surface area contributed by atoms with Crippen molar-refractivity contribution in [3.63, 3.8) is 0 Å². The zero-order chi connectivity index (χ0) is 25.4. The molecule has 3 aromatic carbocycles. The number of benzene rings is 3. The van der Waals surface area contributed by atoms with Crippen molar-refractivity contribution < 1.29 is 38.7 Å². The zero-order valence-corrected chi connectivity index (χ0v) is 19.9. The molecule has 0 spiro atoms. The minimum Gasteiger partial charge on any atom is -0.490 e. The molecule has 2 unspecified atom stereocenters. The van der Waals surface area contributed by atoms with Gasteiger partial charge in [-0.2, -0.15) is 0 Å². The molecule has 186 valence electrons. The first-order valence-electron chi connectivity index (χ1n) is 11.7. The summed E-state index contributed by atoms with van der Waals surface area (Å²) in [4.78, 5) is 23.6. The highest BCUT2D eigenvalue weighted by Gasteiger charge is 2.26. The van der Waals surface area contributed by atoms with Crippen LogP contribution >= 0.6 is 0 Å². The Morgan fingerprint density at radius 1 is 0.722 bits per heavy atom. The number of aromatic carboxylic acids is 2. The number of carboxylic acid groups (broad SMARTS) is 2. The Morgan fingerprint density at radius 2 is 1.08 bits per heavy atom. The summed E-state index contributed by atoms with van der Waals surface area (Å²) < 4.78 is 22.4. The third-order valence-corrected chi connectivity index (χ3v) is 6.43. The van der Waals surface area contributed by atoms with Crippen LogP contribution in [0.25, 0.3) is 22.3 Å². The monoisotopic (exact) mass is 490 g/mol. The van der Waals surface area contributed by atoms with Crippen LogP contribution in [0.1, 0.15) is 31.8 Å². The minimum atomic E-state index is -1.01. The van der Waals surface area contributed by atoms with E-state index in [2.05, 4.69) is 0 Å². The van der Waals surface area contributed by atoms with Gasteiger partial charge in [-0.15, -0.1) is 0 Å². The van der Waals surface area contributed by atoms with Crippen LogP contribution in [0.4, 0.5) is 0 Å². The molecule has 0 radical (unpaired) electrons. The van der Waals surface area contributed by atoms with Crippen LogP contribution < -0.4 is 9.47 Å². The minimum absolute atomic E-state index is 0.0589. The number of hydrogen-bond donors (Lipinski definition) is 2. The van der Waals surface area contributed by atoms with E-state index in [1.807, 2.05) is 24.3 Å². The summed E-state index contributed by atoms with van der Waals surface area (Å²) in [5.74, 6) is -0.855. The van der Waals surface area contributed by atoms with Gasteiger partial charge in [0.05, 0.1) is 24.3 Å². The maximum atomic E-state index is 11.8. The molecule has 2 N–H and O–H groups in total. The average Bonchev–Trinajstić information content (AvgIpc) is 3.77. The Kier molecular flexibility index (Phi) is 6.38. The molecule has 0 saturated carbocycles. The number of carboxylic acids is 2. The summed E-state index contributed by atoms with van der Waals surface area (Å²) in [7, 11) is 0. The summed E-state index contributed by atoms with van der Waals surface area (Å²) in [6.45, 7) is 5.62. The van der Waals surface area contributed by atoms with E-state index in [4.69, 9.17) is 18.9 Å². The number of hydrogen-bond acceptors (Lipinski definition) is 6. The largest absolute Gasteiger partial charge is 0.490 e. The van der Waals surface area contributed by atoms with Crippen LogP contribution in [0.15, 0.2) is 48.5 Å². The first kappa shape index (κ1) is 23.8. The summed E-state index contributed by atoms with van der Waals surface area (Å²) in [5.41, 5.74) is 4.56. The molecule has 2 aliphatic rings. The lowest BCUT2D eigenvalue weighted by molar-refractivity contribution is 0.0685. The fraction of sp³-hybridized carbons (Fsp3) is 0.286. The Balaban J connectivity index is 1.54. The number of carbonyl (C=O) groups is 2. The number of rotatable bonds is 10. The molecule has 0 aromatic heterocycles. The highest BCUT2D eigenvalue weighted by molar-refractivity contribution is 5.95. The highest BCUT2D eigenvalue weighted by Crippen LogP contribution is 2.40. The van der Waals surface area contributed by atoms with Gasteiger partial charge in [0, 0.05) is 11.1 Å². The maximum absolute atomic E-state index is 11.8. The lowest BCUT2D eigenvalue weighted by Gasteiger charge is -2.18. The molecule has 2 fully saturated rings. The molecule has 0 bridgehead atoms. The molecule has 5 rings (SSSR count). The molecule has 8 nitrogen and oxygen atoms in total. The lowest BCUT2D eigenvalue weighted by Crippen LogP contribution is -2.08. The molecule has 2 aliphatic heterocycles. The van der Waals surface area contributed by atoms with Crippen molar-refractivity contribution in [2.24, 2.45) is 0 Å². The van der Waals surface area contributed by atoms with Crippen molar-refractivity contribution in [2.45, 2.75) is 26.1 Å². The Labute approximate surface area is 208 Å². The van der Waals surface area contributed by atoms with Gasteiger partial charge in [-0.3, -0.25) is 0 Å². The van der Waals surface area contributed by atoms with Crippen molar-refractivity contribution in [3.8, 4) is 33.8 Å². The van der Waals surface area contributed by atoms with Gasteiger partial charge >= 0.3 is 11.9 Å². The number of ether oxygens (including phenoxy) is 4. The molecular weight excluding hydrogens is 464 g/mol. The van der Waals surface area contributed by atoms with Crippen LogP contribution in [-0.4, -0.2) is 60.8 Å². The Bertz CT molecular complexity index is 1220. The predicted molar refractivity (Wildman–Crippen MR) is 131 cm³/mol. The van der Waals surface area contributed by atoms with Crippen molar-refractivity contribution in [1.29, 1.82) is 0 Å². The smallest absolute Gasteiger partial charge is 0.335 e. The van der Waals surface area contributed by atoms with Gasteiger partial charge in [0.2, 0.25) is 0 Å². The fourth-order valence-electron chi connectivity index (χ4n) is 4.29. The molecule has 0 aliphatic carbocycles. The second-order valence-electron chi connectivity index (χ2n) is 8.94. The second-order valence-corrected chi connectivity index (χ2v) is 8.94. The van der Waals surface area contributed by atoms with Gasteiger partial charge in [0.15, 0.2) is 0 Å². The Hall–Kier alpha value is -3.88. The van der Waals surface area contributed by atoms with Crippen LogP contribution in [-0.2, 0) is 9.47 Å². The van der Waals surface area contributed by atoms with Crippen molar-refractivity contribution in [3.05, 3.63) is 70.8 Å². The van der Waals surface area contributed by atoms with Gasteiger partial charge < -0.3 is 29.2 Å². The normalized spacial score (nSPS) is 17.9. The van der Waals surface area contributed by atoms with Crippen molar-refractivity contribution in [2.75, 3.05) is 26.4 Å². The third kappa shape index (κ3) is 4.91. The molecule has 3 aromatic rings. The van der Waals surface area contributed by atoms with Gasteiger partial charge in [-0.25, -0.2) is 9.59 Å². The fourth-order valence-corrected chi connectivity index (χ4v) is 4.29.